The molecule has 0 unspecified atom stereocenters. The molecule has 0 bridgehead atoms. The molecule has 0 amide bonds. The Hall–Kier alpha value is -0.560. The van der Waals surface area contributed by atoms with Crippen molar-refractivity contribution in [3.05, 3.63) is 24.3 Å². The summed E-state index contributed by atoms with van der Waals surface area (Å²) in [6, 6.07) is 0. The van der Waals surface area contributed by atoms with Gasteiger partial charge in [-0.25, -0.2) is 0 Å². The lowest BCUT2D eigenvalue weighted by atomic mass is 9.87. The van der Waals surface area contributed by atoms with E-state index in [0.29, 0.717) is 0 Å². The van der Waals surface area contributed by atoms with Crippen LogP contribution >= 0.6 is 0 Å². The fourth-order valence-electron chi connectivity index (χ4n) is 0.808. The number of nitrogens with zero attached hydrogens (tertiary/aromatic N) is 1. The highest BCUT2D eigenvalue weighted by Gasteiger charge is 2.11. The van der Waals surface area contributed by atoms with Crippen molar-refractivity contribution in [1.29, 1.82) is 0 Å². The Morgan fingerprint density at radius 1 is 1.31 bits per heavy atom. The van der Waals surface area contributed by atoms with E-state index in [9.17, 15) is 0 Å². The van der Waals surface area contributed by atoms with Crippen molar-refractivity contribution < 1.29 is 0 Å². The van der Waals surface area contributed by atoms with Crippen LogP contribution < -0.4 is 0 Å². The summed E-state index contributed by atoms with van der Waals surface area (Å²) in [5, 5.41) is 0. The Kier molecular flexibility index (Phi) is 5.01. The van der Waals surface area contributed by atoms with Crippen molar-refractivity contribution in [3.8, 4) is 0 Å². The van der Waals surface area contributed by atoms with E-state index >= 15 is 0 Å². The summed E-state index contributed by atoms with van der Waals surface area (Å²) in [6.07, 6.45) is 5.44. The van der Waals surface area contributed by atoms with Gasteiger partial charge < -0.3 is 4.90 Å². The minimum absolute atomic E-state index is 0.203. The molecule has 0 saturated carbocycles. The molecule has 0 aromatic rings. The fraction of sp³-hybridized carbons (Fsp3) is 0.667. The van der Waals surface area contributed by atoms with Gasteiger partial charge in [0.1, 0.15) is 0 Å². The maximum atomic E-state index is 4.04. The Bertz CT molecular complexity index is 182. The Balaban J connectivity index is 3.80. The van der Waals surface area contributed by atoms with E-state index < -0.39 is 0 Å². The second-order valence-electron chi connectivity index (χ2n) is 4.77. The standard InChI is InChI=1S/C12H23N/c1-11(12(2,3)4)9-7-8-10-13(5)6/h7,9H,1,8,10H2,2-6H3/b9-7+. The summed E-state index contributed by atoms with van der Waals surface area (Å²) in [5.74, 6) is 0. The maximum Gasteiger partial charge on any atom is 0.000992 e. The second kappa shape index (κ2) is 5.23. The van der Waals surface area contributed by atoms with E-state index in [1.54, 1.807) is 0 Å². The summed E-state index contributed by atoms with van der Waals surface area (Å²) < 4.78 is 0. The predicted molar refractivity (Wildman–Crippen MR) is 60.9 cm³/mol. The van der Waals surface area contributed by atoms with Crippen LogP contribution in [0.2, 0.25) is 0 Å². The highest BCUT2D eigenvalue weighted by Crippen LogP contribution is 2.24. The van der Waals surface area contributed by atoms with E-state index in [2.05, 4.69) is 58.5 Å². The zero-order valence-electron chi connectivity index (χ0n) is 9.72. The average Bonchev–Trinajstić information content (AvgIpc) is 1.95. The van der Waals surface area contributed by atoms with E-state index in [0.717, 1.165) is 13.0 Å². The van der Waals surface area contributed by atoms with Gasteiger partial charge in [-0.05, 0) is 25.9 Å². The largest absolute Gasteiger partial charge is 0.309 e. The highest BCUT2D eigenvalue weighted by atomic mass is 15.0. The third-order valence-corrected chi connectivity index (χ3v) is 2.03. The van der Waals surface area contributed by atoms with Crippen molar-refractivity contribution in [2.24, 2.45) is 5.41 Å². The predicted octanol–water partition coefficient (Wildman–Crippen LogP) is 3.10. The smallest absolute Gasteiger partial charge is 0.000992 e. The zero-order chi connectivity index (χ0) is 10.5. The number of hydrogen-bond donors (Lipinski definition) is 0. The van der Waals surface area contributed by atoms with E-state index in [-0.39, 0.29) is 5.41 Å². The Morgan fingerprint density at radius 3 is 2.23 bits per heavy atom. The second-order valence-corrected chi connectivity index (χ2v) is 4.77. The van der Waals surface area contributed by atoms with Gasteiger partial charge >= 0.3 is 0 Å². The highest BCUT2D eigenvalue weighted by molar-refractivity contribution is 5.20. The lowest BCUT2D eigenvalue weighted by Gasteiger charge is -2.18. The van der Waals surface area contributed by atoms with Gasteiger partial charge in [0.05, 0.1) is 0 Å². The molecule has 0 spiro atoms. The van der Waals surface area contributed by atoms with E-state index in [1.165, 1.54) is 5.57 Å². The van der Waals surface area contributed by atoms with Gasteiger partial charge in [-0.2, -0.15) is 0 Å². The number of hydrogen-bond acceptors (Lipinski definition) is 1. The summed E-state index contributed by atoms with van der Waals surface area (Å²) in [6.45, 7) is 11.7. The van der Waals surface area contributed by atoms with Crippen LogP contribution in [0.4, 0.5) is 0 Å². The molecule has 1 nitrogen and oxygen atoms in total. The van der Waals surface area contributed by atoms with E-state index in [4.69, 9.17) is 0 Å². The van der Waals surface area contributed by atoms with E-state index in [1.807, 2.05) is 0 Å². The zero-order valence-corrected chi connectivity index (χ0v) is 9.72. The number of allylic oxidation sites excluding steroid dienone is 2. The molecule has 13 heavy (non-hydrogen) atoms. The van der Waals surface area contributed by atoms with Gasteiger partial charge in [0.15, 0.2) is 0 Å². The van der Waals surface area contributed by atoms with Crippen LogP contribution in [0.3, 0.4) is 0 Å². The molecular formula is C12H23N. The first kappa shape index (κ1) is 12.4. The van der Waals surface area contributed by atoms with Gasteiger partial charge in [0, 0.05) is 6.54 Å². The summed E-state index contributed by atoms with van der Waals surface area (Å²) in [7, 11) is 4.18. The lowest BCUT2D eigenvalue weighted by molar-refractivity contribution is 0.417. The van der Waals surface area contributed by atoms with Crippen LogP contribution in [0.1, 0.15) is 27.2 Å². The van der Waals surface area contributed by atoms with Crippen LogP contribution in [-0.4, -0.2) is 25.5 Å². The van der Waals surface area contributed by atoms with Crippen molar-refractivity contribution in [2.75, 3.05) is 20.6 Å². The molecule has 0 aliphatic carbocycles. The lowest BCUT2D eigenvalue weighted by Crippen LogP contribution is -2.12. The molecule has 0 saturated heterocycles. The molecule has 0 atom stereocenters. The minimum Gasteiger partial charge on any atom is -0.309 e. The van der Waals surface area contributed by atoms with Crippen LogP contribution in [0, 0.1) is 5.41 Å². The van der Waals surface area contributed by atoms with Crippen molar-refractivity contribution >= 4 is 0 Å². The molecule has 0 rings (SSSR count). The molecule has 76 valence electrons. The molecule has 0 radical (unpaired) electrons. The topological polar surface area (TPSA) is 3.24 Å². The SMILES string of the molecule is C=C(/C=C/CCN(C)C)C(C)(C)C. The molecule has 0 fully saturated rings. The van der Waals surface area contributed by atoms with Gasteiger partial charge in [-0.3, -0.25) is 0 Å². The quantitative estimate of drug-likeness (QED) is 0.602. The monoisotopic (exact) mass is 181 g/mol. The summed E-state index contributed by atoms with van der Waals surface area (Å²) in [4.78, 5) is 2.18. The molecule has 0 N–H and O–H groups in total. The molecule has 0 heterocycles. The molecule has 0 aromatic carbocycles. The summed E-state index contributed by atoms with van der Waals surface area (Å²) in [5.41, 5.74) is 1.40. The van der Waals surface area contributed by atoms with Gasteiger partial charge in [0.25, 0.3) is 0 Å². The van der Waals surface area contributed by atoms with Crippen LogP contribution in [0.25, 0.3) is 0 Å². The molecule has 0 aliphatic rings. The van der Waals surface area contributed by atoms with Gasteiger partial charge in [0.2, 0.25) is 0 Å². The van der Waals surface area contributed by atoms with Crippen molar-refractivity contribution in [1.82, 2.24) is 4.90 Å². The first-order valence-electron chi connectivity index (χ1n) is 4.84. The molecule has 0 aromatic heterocycles. The maximum absolute atomic E-state index is 4.04. The minimum atomic E-state index is 0.203. The normalized spacial score (nSPS) is 12.8. The van der Waals surface area contributed by atoms with Gasteiger partial charge in [-0.1, -0.05) is 45.1 Å². The average molecular weight is 181 g/mol. The Morgan fingerprint density at radius 2 is 1.85 bits per heavy atom. The van der Waals surface area contributed by atoms with Crippen molar-refractivity contribution in [2.45, 2.75) is 27.2 Å². The number of rotatable bonds is 4. The Labute approximate surface area is 83.1 Å². The third kappa shape index (κ3) is 6.59. The van der Waals surface area contributed by atoms with Crippen molar-refractivity contribution in [3.63, 3.8) is 0 Å². The molecular weight excluding hydrogens is 158 g/mol. The summed E-state index contributed by atoms with van der Waals surface area (Å²) >= 11 is 0. The van der Waals surface area contributed by atoms with Crippen LogP contribution in [-0.2, 0) is 0 Å². The molecule has 1 heteroatoms. The van der Waals surface area contributed by atoms with Crippen LogP contribution in [0.5, 0.6) is 0 Å². The fourth-order valence-corrected chi connectivity index (χ4v) is 0.808. The first-order chi connectivity index (χ1) is 5.84. The van der Waals surface area contributed by atoms with Crippen LogP contribution in [0.15, 0.2) is 24.3 Å². The first-order valence-corrected chi connectivity index (χ1v) is 4.84. The van der Waals surface area contributed by atoms with Gasteiger partial charge in [-0.15, -0.1) is 0 Å². The molecule has 0 aliphatic heterocycles. The third-order valence-electron chi connectivity index (χ3n) is 2.03.